The van der Waals surface area contributed by atoms with Gasteiger partial charge in [0.2, 0.25) is 0 Å². The molecule has 110 valence electrons. The van der Waals surface area contributed by atoms with Gasteiger partial charge in [0.15, 0.2) is 0 Å². The zero-order valence-corrected chi connectivity index (χ0v) is 11.7. The van der Waals surface area contributed by atoms with Gasteiger partial charge in [0, 0.05) is 0 Å². The summed E-state index contributed by atoms with van der Waals surface area (Å²) < 4.78 is 41.8. The number of ether oxygens (including phenoxy) is 1. The number of halogens is 3. The second-order valence-electron chi connectivity index (χ2n) is 3.85. The number of thioether (sulfide) groups is 1. The third-order valence-electron chi connectivity index (χ3n) is 2.29. The van der Waals surface area contributed by atoms with Gasteiger partial charge < -0.3 is 4.74 Å². The second kappa shape index (κ2) is 7.99. The number of esters is 1. The molecule has 6 heteroatoms. The van der Waals surface area contributed by atoms with E-state index >= 15 is 0 Å². The molecule has 0 aromatic heterocycles. The predicted octanol–water partition coefficient (Wildman–Crippen LogP) is 4.27. The normalized spacial score (nSPS) is 13.4. The van der Waals surface area contributed by atoms with E-state index in [1.165, 1.54) is 0 Å². The van der Waals surface area contributed by atoms with Crippen molar-refractivity contribution in [1.29, 1.82) is 0 Å². The van der Waals surface area contributed by atoms with Crippen molar-refractivity contribution < 1.29 is 22.7 Å². The second-order valence-corrected chi connectivity index (χ2v) is 5.12. The van der Waals surface area contributed by atoms with Crippen LogP contribution in [0.25, 0.3) is 6.08 Å². The Hall–Kier alpha value is -1.43. The molecule has 0 heterocycles. The van der Waals surface area contributed by atoms with Gasteiger partial charge in [-0.15, -0.1) is 0 Å². The van der Waals surface area contributed by atoms with Crippen molar-refractivity contribution in [2.45, 2.75) is 24.1 Å². The van der Waals surface area contributed by atoms with Gasteiger partial charge in [-0.1, -0.05) is 42.5 Å². The van der Waals surface area contributed by atoms with E-state index in [9.17, 15) is 18.0 Å². The lowest BCUT2D eigenvalue weighted by Crippen LogP contribution is -2.23. The van der Waals surface area contributed by atoms with Gasteiger partial charge in [0.05, 0.1) is 6.61 Å². The molecule has 0 saturated carbocycles. The first kappa shape index (κ1) is 16.6. The first-order valence-corrected chi connectivity index (χ1v) is 6.93. The highest BCUT2D eigenvalue weighted by atomic mass is 32.2. The Morgan fingerprint density at radius 1 is 1.35 bits per heavy atom. The molecular formula is C14H15F3O2S. The largest absolute Gasteiger partial charge is 0.465 e. The third kappa shape index (κ3) is 6.65. The van der Waals surface area contributed by atoms with E-state index in [1.54, 1.807) is 19.1 Å². The van der Waals surface area contributed by atoms with Gasteiger partial charge in [-0.2, -0.15) is 13.2 Å². The van der Waals surface area contributed by atoms with Crippen LogP contribution in [-0.4, -0.2) is 23.3 Å². The number of benzene rings is 1. The van der Waals surface area contributed by atoms with Crippen LogP contribution in [0.5, 0.6) is 0 Å². The van der Waals surface area contributed by atoms with Gasteiger partial charge in [0.25, 0.3) is 0 Å². The molecule has 0 aliphatic heterocycles. The van der Waals surface area contributed by atoms with Crippen molar-refractivity contribution in [2.24, 2.45) is 0 Å². The maximum absolute atomic E-state index is 12.4. The number of hydrogen-bond donors (Lipinski definition) is 0. The Morgan fingerprint density at radius 3 is 2.55 bits per heavy atom. The van der Waals surface area contributed by atoms with Crippen molar-refractivity contribution in [1.82, 2.24) is 0 Å². The number of rotatable bonds is 6. The smallest absolute Gasteiger partial charge is 0.442 e. The summed E-state index contributed by atoms with van der Waals surface area (Å²) in [5.74, 6) is -0.840. The quantitative estimate of drug-likeness (QED) is 0.734. The van der Waals surface area contributed by atoms with Crippen molar-refractivity contribution in [2.75, 3.05) is 6.61 Å². The molecule has 0 spiro atoms. The van der Waals surface area contributed by atoms with Crippen molar-refractivity contribution >= 4 is 23.8 Å². The molecule has 1 unspecified atom stereocenters. The van der Waals surface area contributed by atoms with Crippen LogP contribution in [0.3, 0.4) is 0 Å². The summed E-state index contributed by atoms with van der Waals surface area (Å²) in [6.45, 7) is 1.63. The summed E-state index contributed by atoms with van der Waals surface area (Å²) in [5, 5.41) is -1.27. The average molecular weight is 304 g/mol. The van der Waals surface area contributed by atoms with Crippen molar-refractivity contribution in [3.05, 3.63) is 42.0 Å². The van der Waals surface area contributed by atoms with Crippen molar-refractivity contribution in [3.8, 4) is 0 Å². The number of hydrogen-bond acceptors (Lipinski definition) is 3. The SMILES string of the molecule is CCOC(=O)C(C/C=C/c1ccccc1)SC(F)(F)F. The van der Waals surface area contributed by atoms with E-state index in [-0.39, 0.29) is 24.8 Å². The summed E-state index contributed by atoms with van der Waals surface area (Å²) >= 11 is -0.341. The molecule has 1 aromatic rings. The first-order chi connectivity index (χ1) is 9.42. The lowest BCUT2D eigenvalue weighted by Gasteiger charge is -2.15. The van der Waals surface area contributed by atoms with E-state index in [4.69, 9.17) is 0 Å². The molecule has 20 heavy (non-hydrogen) atoms. The van der Waals surface area contributed by atoms with Gasteiger partial charge in [-0.05, 0) is 30.7 Å². The number of carbonyl (C=O) groups is 1. The first-order valence-electron chi connectivity index (χ1n) is 6.05. The van der Waals surface area contributed by atoms with E-state index in [0.29, 0.717) is 0 Å². The van der Waals surface area contributed by atoms with Crippen LogP contribution in [0, 0.1) is 0 Å². The fourth-order valence-electron chi connectivity index (χ4n) is 1.48. The summed E-state index contributed by atoms with van der Waals surface area (Å²) in [6, 6.07) is 9.15. The molecule has 1 rings (SSSR count). The molecule has 0 radical (unpaired) electrons. The standard InChI is InChI=1S/C14H15F3O2S/c1-2-19-13(18)12(20-14(15,16)17)10-6-9-11-7-4-3-5-8-11/h3-9,12H,2,10H2,1H3/b9-6+. The summed E-state index contributed by atoms with van der Waals surface area (Å²) in [5.41, 5.74) is -3.59. The molecule has 0 aliphatic carbocycles. The summed E-state index contributed by atoms with van der Waals surface area (Å²) in [7, 11) is 0. The Kier molecular flexibility index (Phi) is 6.64. The predicted molar refractivity (Wildman–Crippen MR) is 74.2 cm³/mol. The molecule has 0 bridgehead atoms. The highest BCUT2D eigenvalue weighted by molar-refractivity contribution is 8.01. The maximum Gasteiger partial charge on any atom is 0.442 e. The molecule has 1 aromatic carbocycles. The maximum atomic E-state index is 12.4. The monoisotopic (exact) mass is 304 g/mol. The number of alkyl halides is 3. The van der Waals surface area contributed by atoms with Crippen LogP contribution in [0.4, 0.5) is 13.2 Å². The molecule has 0 saturated heterocycles. The number of allylic oxidation sites excluding steroid dienone is 1. The van der Waals surface area contributed by atoms with Crippen LogP contribution < -0.4 is 0 Å². The van der Waals surface area contributed by atoms with Gasteiger partial charge in [-0.3, -0.25) is 4.79 Å². The van der Waals surface area contributed by atoms with Crippen LogP contribution in [0.1, 0.15) is 18.9 Å². The van der Waals surface area contributed by atoms with Gasteiger partial charge in [0.1, 0.15) is 5.25 Å². The van der Waals surface area contributed by atoms with Gasteiger partial charge in [-0.25, -0.2) is 0 Å². The van der Waals surface area contributed by atoms with E-state index in [0.717, 1.165) is 5.56 Å². The minimum Gasteiger partial charge on any atom is -0.465 e. The summed E-state index contributed by atoms with van der Waals surface area (Å²) in [6.07, 6.45) is 3.21. The summed E-state index contributed by atoms with van der Waals surface area (Å²) in [4.78, 5) is 11.5. The Morgan fingerprint density at radius 2 is 2.00 bits per heavy atom. The molecule has 2 nitrogen and oxygen atoms in total. The van der Waals surface area contributed by atoms with Gasteiger partial charge >= 0.3 is 11.5 Å². The zero-order valence-electron chi connectivity index (χ0n) is 10.9. The van der Waals surface area contributed by atoms with E-state index in [2.05, 4.69) is 4.74 Å². The highest BCUT2D eigenvalue weighted by Crippen LogP contribution is 2.36. The van der Waals surface area contributed by atoms with Crippen molar-refractivity contribution in [3.63, 3.8) is 0 Å². The lowest BCUT2D eigenvalue weighted by molar-refractivity contribution is -0.142. The minimum atomic E-state index is -4.46. The molecule has 0 fully saturated rings. The highest BCUT2D eigenvalue weighted by Gasteiger charge is 2.36. The zero-order chi connectivity index (χ0) is 15.0. The van der Waals surface area contributed by atoms with Crippen LogP contribution >= 0.6 is 11.8 Å². The van der Waals surface area contributed by atoms with Crippen LogP contribution in [-0.2, 0) is 9.53 Å². The molecule has 0 N–H and O–H groups in total. The van der Waals surface area contributed by atoms with E-state index in [1.807, 2.05) is 30.3 Å². The molecule has 0 aliphatic rings. The molecular weight excluding hydrogens is 289 g/mol. The Labute approximate surface area is 120 Å². The third-order valence-corrected chi connectivity index (χ3v) is 3.22. The number of carbonyl (C=O) groups excluding carboxylic acids is 1. The Bertz CT molecular complexity index is 443. The lowest BCUT2D eigenvalue weighted by atomic mass is 10.2. The fraction of sp³-hybridized carbons (Fsp3) is 0.357. The average Bonchev–Trinajstić information content (AvgIpc) is 2.37. The molecule has 1 atom stereocenters. The van der Waals surface area contributed by atoms with E-state index < -0.39 is 16.7 Å². The topological polar surface area (TPSA) is 26.3 Å². The fourth-order valence-corrected chi connectivity index (χ4v) is 2.18. The molecule has 0 amide bonds. The van der Waals surface area contributed by atoms with Crippen LogP contribution in [0.2, 0.25) is 0 Å². The Balaban J connectivity index is 2.65. The minimum absolute atomic E-state index is 0.0299. The van der Waals surface area contributed by atoms with Crippen LogP contribution in [0.15, 0.2) is 36.4 Å².